The van der Waals surface area contributed by atoms with E-state index in [1.807, 2.05) is 6.07 Å². The fraction of sp³-hybridized carbons (Fsp3) is 0.579. The number of esters is 1. The number of hydrogen-bond donors (Lipinski definition) is 2. The summed E-state index contributed by atoms with van der Waals surface area (Å²) in [5.41, 5.74) is 1.09. The first-order chi connectivity index (χ1) is 12.6. The van der Waals surface area contributed by atoms with Gasteiger partial charge in [-0.3, -0.25) is 4.79 Å². The number of amides is 1. The molecule has 2 N–H and O–H groups in total. The van der Waals surface area contributed by atoms with E-state index in [2.05, 4.69) is 5.32 Å². The molecule has 1 fully saturated rings. The van der Waals surface area contributed by atoms with Crippen LogP contribution in [-0.2, 0) is 16.0 Å². The van der Waals surface area contributed by atoms with Gasteiger partial charge in [0.15, 0.2) is 0 Å². The lowest BCUT2D eigenvalue weighted by atomic mass is 9.72. The SMILES string of the molecule is CCOC(=O)c1cccc2c1OB(O)[C@@H](NC(=O)C1CCCCCC1)C2. The summed E-state index contributed by atoms with van der Waals surface area (Å²) in [6.45, 7) is 2.01. The molecule has 1 aromatic rings. The summed E-state index contributed by atoms with van der Waals surface area (Å²) >= 11 is 0. The molecule has 0 bridgehead atoms. The Morgan fingerprint density at radius 2 is 2.00 bits per heavy atom. The predicted molar refractivity (Wildman–Crippen MR) is 97.8 cm³/mol. The number of carbonyl (C=O) groups is 2. The maximum Gasteiger partial charge on any atom is 0.547 e. The third-order valence-electron chi connectivity index (χ3n) is 5.17. The molecule has 0 spiro atoms. The molecule has 2 aliphatic rings. The highest BCUT2D eigenvalue weighted by atomic mass is 16.5. The Labute approximate surface area is 154 Å². The van der Waals surface area contributed by atoms with Crippen molar-refractivity contribution in [3.8, 4) is 5.75 Å². The zero-order chi connectivity index (χ0) is 18.5. The molecule has 140 valence electrons. The predicted octanol–water partition coefficient (Wildman–Crippen LogP) is 2.27. The second-order valence-corrected chi connectivity index (χ2v) is 7.03. The minimum absolute atomic E-state index is 0.00968. The highest BCUT2D eigenvalue weighted by Crippen LogP contribution is 2.31. The number of para-hydroxylation sites is 1. The van der Waals surface area contributed by atoms with Gasteiger partial charge in [-0.2, -0.15) is 0 Å². The molecule has 1 aromatic carbocycles. The molecule has 7 heteroatoms. The smallest absolute Gasteiger partial charge is 0.534 e. The molecule has 1 atom stereocenters. The largest absolute Gasteiger partial charge is 0.547 e. The molecular formula is C19H26BNO5. The number of ether oxygens (including phenoxy) is 1. The Morgan fingerprint density at radius 1 is 1.27 bits per heavy atom. The summed E-state index contributed by atoms with van der Waals surface area (Å²) in [6.07, 6.45) is 6.74. The first-order valence-electron chi connectivity index (χ1n) is 9.54. The zero-order valence-corrected chi connectivity index (χ0v) is 15.2. The standard InChI is InChI=1S/C19H26BNO5/c1-2-25-19(23)15-11-7-10-14-12-16(20(24)26-17(14)15)21-18(22)13-8-5-3-4-6-9-13/h7,10-11,13,16,24H,2-6,8-9,12H2,1H3,(H,21,22)/t16-/m0/s1. The van der Waals surface area contributed by atoms with Gasteiger partial charge < -0.3 is 19.7 Å². The van der Waals surface area contributed by atoms with Gasteiger partial charge in [0.25, 0.3) is 0 Å². The van der Waals surface area contributed by atoms with Gasteiger partial charge in [0.1, 0.15) is 11.3 Å². The summed E-state index contributed by atoms with van der Waals surface area (Å²) in [6, 6.07) is 5.22. The second-order valence-electron chi connectivity index (χ2n) is 7.03. The van der Waals surface area contributed by atoms with E-state index in [-0.39, 0.29) is 18.4 Å². The van der Waals surface area contributed by atoms with Crippen LogP contribution >= 0.6 is 0 Å². The van der Waals surface area contributed by atoms with Gasteiger partial charge in [0, 0.05) is 5.92 Å². The van der Waals surface area contributed by atoms with Crippen LogP contribution in [0.4, 0.5) is 0 Å². The van der Waals surface area contributed by atoms with Gasteiger partial charge in [0.2, 0.25) is 5.91 Å². The molecular weight excluding hydrogens is 333 g/mol. The lowest BCUT2D eigenvalue weighted by Gasteiger charge is -2.30. The van der Waals surface area contributed by atoms with E-state index in [9.17, 15) is 14.6 Å². The van der Waals surface area contributed by atoms with Crippen LogP contribution in [0.1, 0.15) is 61.4 Å². The normalized spacial score (nSPS) is 20.5. The second kappa shape index (κ2) is 8.58. The average Bonchev–Trinajstić information content (AvgIpc) is 2.91. The molecule has 1 heterocycles. The van der Waals surface area contributed by atoms with Crippen LogP contribution in [0, 0.1) is 5.92 Å². The van der Waals surface area contributed by atoms with Gasteiger partial charge >= 0.3 is 13.1 Å². The van der Waals surface area contributed by atoms with Crippen LogP contribution < -0.4 is 9.97 Å². The number of carbonyl (C=O) groups excluding carboxylic acids is 2. The molecule has 1 saturated carbocycles. The van der Waals surface area contributed by atoms with Crippen LogP contribution in [0.5, 0.6) is 5.75 Å². The van der Waals surface area contributed by atoms with Gasteiger partial charge in [-0.15, -0.1) is 0 Å². The summed E-state index contributed by atoms with van der Waals surface area (Å²) < 4.78 is 10.6. The molecule has 0 unspecified atom stereocenters. The number of nitrogens with one attached hydrogen (secondary N) is 1. The monoisotopic (exact) mass is 359 g/mol. The average molecular weight is 359 g/mol. The number of rotatable bonds is 4. The minimum Gasteiger partial charge on any atom is -0.534 e. The van der Waals surface area contributed by atoms with Gasteiger partial charge in [0.05, 0.1) is 12.5 Å². The topological polar surface area (TPSA) is 84.9 Å². The Kier molecular flexibility index (Phi) is 6.19. The fourth-order valence-corrected chi connectivity index (χ4v) is 3.76. The zero-order valence-electron chi connectivity index (χ0n) is 15.2. The third kappa shape index (κ3) is 4.20. The van der Waals surface area contributed by atoms with Crippen molar-refractivity contribution in [3.63, 3.8) is 0 Å². The summed E-state index contributed by atoms with van der Waals surface area (Å²) in [4.78, 5) is 24.7. The van der Waals surface area contributed by atoms with E-state index in [1.165, 1.54) is 12.8 Å². The first kappa shape index (κ1) is 18.8. The summed E-state index contributed by atoms with van der Waals surface area (Å²) in [5.74, 6) is -0.645. The van der Waals surface area contributed by atoms with Gasteiger partial charge in [-0.1, -0.05) is 37.8 Å². The summed E-state index contributed by atoms with van der Waals surface area (Å²) in [5, 5.41) is 13.3. The van der Waals surface area contributed by atoms with Gasteiger partial charge in [-0.05, 0) is 37.8 Å². The van der Waals surface area contributed by atoms with Crippen LogP contribution in [0.15, 0.2) is 18.2 Å². The Morgan fingerprint density at radius 3 is 2.69 bits per heavy atom. The van der Waals surface area contributed by atoms with Crippen molar-refractivity contribution < 1.29 is 24.0 Å². The molecule has 3 rings (SSSR count). The van der Waals surface area contributed by atoms with E-state index in [1.54, 1.807) is 19.1 Å². The lowest BCUT2D eigenvalue weighted by molar-refractivity contribution is -0.125. The number of benzene rings is 1. The van der Waals surface area contributed by atoms with Crippen molar-refractivity contribution in [2.45, 2.75) is 57.8 Å². The minimum atomic E-state index is -1.19. The summed E-state index contributed by atoms with van der Waals surface area (Å²) in [7, 11) is -1.19. The van der Waals surface area contributed by atoms with Crippen molar-refractivity contribution in [2.75, 3.05) is 6.61 Å². The molecule has 1 aliphatic carbocycles. The highest BCUT2D eigenvalue weighted by Gasteiger charge is 2.38. The fourth-order valence-electron chi connectivity index (χ4n) is 3.76. The Balaban J connectivity index is 1.70. The van der Waals surface area contributed by atoms with Gasteiger partial charge in [-0.25, -0.2) is 4.79 Å². The van der Waals surface area contributed by atoms with Crippen LogP contribution in [0.2, 0.25) is 0 Å². The maximum atomic E-state index is 12.6. The quantitative estimate of drug-likeness (QED) is 0.489. The van der Waals surface area contributed by atoms with E-state index in [4.69, 9.17) is 9.39 Å². The maximum absolute atomic E-state index is 12.6. The Bertz CT molecular complexity index is 657. The molecule has 0 aromatic heterocycles. The molecule has 26 heavy (non-hydrogen) atoms. The third-order valence-corrected chi connectivity index (χ3v) is 5.17. The van der Waals surface area contributed by atoms with Crippen molar-refractivity contribution in [3.05, 3.63) is 29.3 Å². The van der Waals surface area contributed by atoms with Crippen molar-refractivity contribution in [1.82, 2.24) is 5.32 Å². The lowest BCUT2D eigenvalue weighted by Crippen LogP contribution is -2.54. The van der Waals surface area contributed by atoms with Crippen molar-refractivity contribution in [2.24, 2.45) is 5.92 Å². The van der Waals surface area contributed by atoms with Crippen molar-refractivity contribution in [1.29, 1.82) is 0 Å². The molecule has 0 saturated heterocycles. The first-order valence-corrected chi connectivity index (χ1v) is 9.54. The van der Waals surface area contributed by atoms with E-state index in [0.29, 0.717) is 17.7 Å². The molecule has 1 aliphatic heterocycles. The molecule has 1 amide bonds. The highest BCUT2D eigenvalue weighted by molar-refractivity contribution is 6.47. The van der Waals surface area contributed by atoms with Crippen molar-refractivity contribution >= 4 is 19.0 Å². The van der Waals surface area contributed by atoms with Crippen LogP contribution in [0.3, 0.4) is 0 Å². The van der Waals surface area contributed by atoms with Crippen LogP contribution in [-0.4, -0.2) is 36.6 Å². The van der Waals surface area contributed by atoms with E-state index in [0.717, 1.165) is 31.2 Å². The molecule has 0 radical (unpaired) electrons. The number of hydrogen-bond acceptors (Lipinski definition) is 5. The van der Waals surface area contributed by atoms with Crippen LogP contribution in [0.25, 0.3) is 0 Å². The number of fused-ring (bicyclic) bond motifs is 1. The molecule has 6 nitrogen and oxygen atoms in total. The van der Waals surface area contributed by atoms with E-state index < -0.39 is 19.0 Å². The van der Waals surface area contributed by atoms with E-state index >= 15 is 0 Å². The Hall–Kier alpha value is -2.02.